The van der Waals surface area contributed by atoms with Crippen LogP contribution in [0.1, 0.15) is 0 Å². The second-order valence-corrected chi connectivity index (χ2v) is 6.30. The lowest BCUT2D eigenvalue weighted by atomic mass is 10.3. The fourth-order valence-corrected chi connectivity index (χ4v) is 2.71. The molecule has 0 aliphatic heterocycles. The number of carboxylic acids is 1. The van der Waals surface area contributed by atoms with Crippen molar-refractivity contribution in [3.63, 3.8) is 0 Å². The maximum absolute atomic E-state index is 12.0. The van der Waals surface area contributed by atoms with E-state index in [-0.39, 0.29) is 11.7 Å². The Morgan fingerprint density at radius 3 is 2.44 bits per heavy atom. The third-order valence-electron chi connectivity index (χ3n) is 3.22. The lowest BCUT2D eigenvalue weighted by molar-refractivity contribution is -0.131. The number of benzene rings is 2. The molecule has 3 N–H and O–H groups in total. The Morgan fingerprint density at radius 1 is 1.04 bits per heavy atom. The third kappa shape index (κ3) is 7.25. The van der Waals surface area contributed by atoms with Crippen LogP contribution in [0.4, 0.5) is 11.4 Å². The molecule has 140 valence electrons. The molecule has 0 heterocycles. The number of aliphatic carboxylic acids is 1. The molecule has 0 aliphatic rings. The van der Waals surface area contributed by atoms with E-state index in [1.165, 1.54) is 11.8 Å². The standard InChI is InChI=1S/C19H18N2O5S/c1-26-15-4-2-3-14(11-15)21-18(23)12-27-16-7-5-13(6-8-16)20-17(22)9-10-19(24)25/h2-11H,12H2,1H3,(H,20,22)(H,21,23)(H,24,25)/b10-9+. The molecule has 2 amide bonds. The molecule has 0 saturated carbocycles. The summed E-state index contributed by atoms with van der Waals surface area (Å²) in [7, 11) is 1.56. The molecule has 8 heteroatoms. The number of rotatable bonds is 8. The third-order valence-corrected chi connectivity index (χ3v) is 4.23. The van der Waals surface area contributed by atoms with E-state index in [4.69, 9.17) is 9.84 Å². The Bertz CT molecular complexity index is 849. The zero-order chi connectivity index (χ0) is 19.6. The molecule has 0 aliphatic carbocycles. The molecule has 7 nitrogen and oxygen atoms in total. The smallest absolute Gasteiger partial charge is 0.328 e. The first kappa shape index (κ1) is 20.1. The number of anilines is 2. The molecule has 2 aromatic carbocycles. The lowest BCUT2D eigenvalue weighted by Crippen LogP contribution is -2.13. The van der Waals surface area contributed by atoms with Crippen LogP contribution in [-0.2, 0) is 14.4 Å². The average Bonchev–Trinajstić information content (AvgIpc) is 2.66. The molecule has 0 saturated heterocycles. The van der Waals surface area contributed by atoms with Crippen molar-refractivity contribution in [2.24, 2.45) is 0 Å². The fourth-order valence-electron chi connectivity index (χ4n) is 2.01. The number of nitrogens with one attached hydrogen (secondary N) is 2. The minimum atomic E-state index is -1.19. The Kier molecular flexibility index (Phi) is 7.45. The molecule has 0 atom stereocenters. The van der Waals surface area contributed by atoms with E-state index in [0.29, 0.717) is 17.1 Å². The van der Waals surface area contributed by atoms with Gasteiger partial charge in [0.2, 0.25) is 11.8 Å². The van der Waals surface area contributed by atoms with Crippen molar-refractivity contribution in [2.75, 3.05) is 23.5 Å². The summed E-state index contributed by atoms with van der Waals surface area (Å²) in [6, 6.07) is 14.0. The van der Waals surface area contributed by atoms with Gasteiger partial charge in [-0.25, -0.2) is 4.79 Å². The van der Waals surface area contributed by atoms with Crippen LogP contribution < -0.4 is 15.4 Å². The number of ether oxygens (including phenoxy) is 1. The highest BCUT2D eigenvalue weighted by molar-refractivity contribution is 8.00. The predicted molar refractivity (Wildman–Crippen MR) is 104 cm³/mol. The SMILES string of the molecule is COc1cccc(NC(=O)CSc2ccc(NC(=O)/C=C/C(=O)O)cc2)c1. The van der Waals surface area contributed by atoms with Crippen molar-refractivity contribution in [2.45, 2.75) is 4.90 Å². The first-order valence-corrected chi connectivity index (χ1v) is 8.83. The summed E-state index contributed by atoms with van der Waals surface area (Å²) in [6.45, 7) is 0. The van der Waals surface area contributed by atoms with Gasteiger partial charge in [-0.3, -0.25) is 9.59 Å². The summed E-state index contributed by atoms with van der Waals surface area (Å²) in [5.74, 6) is -0.982. The van der Waals surface area contributed by atoms with Crippen molar-refractivity contribution in [3.05, 3.63) is 60.7 Å². The van der Waals surface area contributed by atoms with Crippen LogP contribution in [0.5, 0.6) is 5.75 Å². The summed E-state index contributed by atoms with van der Waals surface area (Å²) in [5.41, 5.74) is 1.19. The quantitative estimate of drug-likeness (QED) is 0.476. The summed E-state index contributed by atoms with van der Waals surface area (Å²) in [5, 5.41) is 13.8. The monoisotopic (exact) mass is 386 g/mol. The number of amides is 2. The highest BCUT2D eigenvalue weighted by atomic mass is 32.2. The number of carboxylic acid groups (broad SMARTS) is 1. The van der Waals surface area contributed by atoms with Crippen molar-refractivity contribution in [1.29, 1.82) is 0 Å². The summed E-state index contributed by atoms with van der Waals surface area (Å²) < 4.78 is 5.11. The van der Waals surface area contributed by atoms with Gasteiger partial charge in [-0.1, -0.05) is 6.07 Å². The van der Waals surface area contributed by atoms with Crippen molar-refractivity contribution >= 4 is 40.9 Å². The van der Waals surface area contributed by atoms with Gasteiger partial charge in [0.25, 0.3) is 0 Å². The number of methoxy groups -OCH3 is 1. The topological polar surface area (TPSA) is 105 Å². The Balaban J connectivity index is 1.82. The number of carbonyl (C=O) groups is 3. The number of thioether (sulfide) groups is 1. The molecule has 0 spiro atoms. The molecule has 0 radical (unpaired) electrons. The fraction of sp³-hybridized carbons (Fsp3) is 0.105. The van der Waals surface area contributed by atoms with E-state index in [0.717, 1.165) is 17.0 Å². The lowest BCUT2D eigenvalue weighted by Gasteiger charge is -2.07. The Hall–Kier alpha value is -3.26. The van der Waals surface area contributed by atoms with Crippen LogP contribution in [-0.4, -0.2) is 35.8 Å². The van der Waals surface area contributed by atoms with Crippen LogP contribution in [0, 0.1) is 0 Å². The number of carbonyl (C=O) groups excluding carboxylic acids is 2. The molecule has 0 aromatic heterocycles. The van der Waals surface area contributed by atoms with Gasteiger partial charge < -0.3 is 20.5 Å². The summed E-state index contributed by atoms with van der Waals surface area (Å²) >= 11 is 1.35. The number of hydrogen-bond acceptors (Lipinski definition) is 5. The molecule has 27 heavy (non-hydrogen) atoms. The highest BCUT2D eigenvalue weighted by Crippen LogP contribution is 2.21. The second-order valence-electron chi connectivity index (χ2n) is 5.25. The van der Waals surface area contributed by atoms with E-state index in [2.05, 4.69) is 10.6 Å². The van der Waals surface area contributed by atoms with Crippen LogP contribution in [0.15, 0.2) is 65.6 Å². The van der Waals surface area contributed by atoms with Gasteiger partial charge in [0.15, 0.2) is 0 Å². The predicted octanol–water partition coefficient (Wildman–Crippen LogP) is 3.01. The minimum absolute atomic E-state index is 0.149. The Labute approximate surface area is 160 Å². The van der Waals surface area contributed by atoms with Crippen LogP contribution >= 0.6 is 11.8 Å². The van der Waals surface area contributed by atoms with Crippen LogP contribution in [0.2, 0.25) is 0 Å². The molecular formula is C19H18N2O5S. The molecule has 2 rings (SSSR count). The van der Waals surface area contributed by atoms with E-state index in [9.17, 15) is 14.4 Å². The van der Waals surface area contributed by atoms with E-state index < -0.39 is 11.9 Å². The highest BCUT2D eigenvalue weighted by Gasteiger charge is 2.05. The van der Waals surface area contributed by atoms with Crippen LogP contribution in [0.3, 0.4) is 0 Å². The normalized spacial score (nSPS) is 10.4. The van der Waals surface area contributed by atoms with Gasteiger partial charge in [0.05, 0.1) is 12.9 Å². The zero-order valence-corrected chi connectivity index (χ0v) is 15.3. The van der Waals surface area contributed by atoms with Gasteiger partial charge in [0, 0.05) is 34.5 Å². The van der Waals surface area contributed by atoms with Gasteiger partial charge in [-0.2, -0.15) is 0 Å². The minimum Gasteiger partial charge on any atom is -0.497 e. The largest absolute Gasteiger partial charge is 0.497 e. The molecular weight excluding hydrogens is 368 g/mol. The van der Waals surface area contributed by atoms with Gasteiger partial charge >= 0.3 is 5.97 Å². The summed E-state index contributed by atoms with van der Waals surface area (Å²) in [4.78, 5) is 34.8. The van der Waals surface area contributed by atoms with E-state index >= 15 is 0 Å². The molecule has 2 aromatic rings. The van der Waals surface area contributed by atoms with E-state index in [1.54, 1.807) is 55.6 Å². The van der Waals surface area contributed by atoms with Crippen molar-refractivity contribution < 1.29 is 24.2 Å². The second kappa shape index (κ2) is 10.0. The van der Waals surface area contributed by atoms with Gasteiger partial charge in [-0.15, -0.1) is 11.8 Å². The first-order chi connectivity index (χ1) is 13.0. The molecule has 0 unspecified atom stereocenters. The van der Waals surface area contributed by atoms with Crippen LogP contribution in [0.25, 0.3) is 0 Å². The Morgan fingerprint density at radius 2 is 1.78 bits per heavy atom. The maximum Gasteiger partial charge on any atom is 0.328 e. The van der Waals surface area contributed by atoms with Gasteiger partial charge in [0.1, 0.15) is 5.75 Å². The van der Waals surface area contributed by atoms with Crippen molar-refractivity contribution in [3.8, 4) is 5.75 Å². The van der Waals surface area contributed by atoms with Crippen molar-refractivity contribution in [1.82, 2.24) is 0 Å². The van der Waals surface area contributed by atoms with E-state index in [1.807, 2.05) is 0 Å². The summed E-state index contributed by atoms with van der Waals surface area (Å²) in [6.07, 6.45) is 1.70. The first-order valence-electron chi connectivity index (χ1n) is 7.85. The van der Waals surface area contributed by atoms with Gasteiger partial charge in [-0.05, 0) is 36.4 Å². The molecule has 0 fully saturated rings. The average molecular weight is 386 g/mol. The zero-order valence-electron chi connectivity index (χ0n) is 14.5. The molecule has 0 bridgehead atoms. The maximum atomic E-state index is 12.0. The number of hydrogen-bond donors (Lipinski definition) is 3.